The van der Waals surface area contributed by atoms with Crippen LogP contribution in [0.5, 0.6) is 0 Å². The molecule has 4 atom stereocenters. The second kappa shape index (κ2) is 24.0. The van der Waals surface area contributed by atoms with Crippen molar-refractivity contribution in [3.8, 4) is 11.1 Å². The maximum Gasteiger partial charge on any atom is 0.407 e. The van der Waals surface area contributed by atoms with Crippen LogP contribution >= 0.6 is 0 Å². The molecule has 3 aromatic rings. The Morgan fingerprint density at radius 2 is 1.42 bits per heavy atom. The molecule has 1 saturated heterocycles. The third-order valence-electron chi connectivity index (χ3n) is 10.5. The molecule has 0 unspecified atom stereocenters. The molecule has 3 aromatic carbocycles. The molecule has 0 aliphatic carbocycles. The van der Waals surface area contributed by atoms with Crippen LogP contribution < -0.4 is 5.32 Å². The molecule has 290 valence electrons. The Labute approximate surface area is 320 Å². The minimum absolute atomic E-state index is 0.0104. The summed E-state index contributed by atoms with van der Waals surface area (Å²) in [5, 5.41) is 12.5. The number of aliphatic hydroxyl groups is 1. The lowest BCUT2D eigenvalue weighted by atomic mass is 9.89. The van der Waals surface area contributed by atoms with E-state index in [1.54, 1.807) is 6.08 Å². The van der Waals surface area contributed by atoms with Crippen LogP contribution in [-0.2, 0) is 27.4 Å². The highest BCUT2D eigenvalue weighted by Crippen LogP contribution is 2.42. The fourth-order valence-corrected chi connectivity index (χ4v) is 7.24. The van der Waals surface area contributed by atoms with E-state index in [4.69, 9.17) is 14.2 Å². The van der Waals surface area contributed by atoms with E-state index < -0.39 is 12.4 Å². The molecule has 53 heavy (non-hydrogen) atoms. The number of rotatable bonds is 24. The van der Waals surface area contributed by atoms with Crippen LogP contribution in [0.25, 0.3) is 11.1 Å². The Morgan fingerprint density at radius 3 is 2.04 bits per heavy atom. The summed E-state index contributed by atoms with van der Waals surface area (Å²) >= 11 is 0. The number of nitrogens with one attached hydrogen (secondary N) is 1. The van der Waals surface area contributed by atoms with E-state index >= 15 is 0 Å². The van der Waals surface area contributed by atoms with Gasteiger partial charge in [-0.15, -0.1) is 0 Å². The molecule has 0 saturated carbocycles. The number of benzene rings is 3. The third-order valence-corrected chi connectivity index (χ3v) is 10.5. The fraction of sp³-hybridized carbons (Fsp3) is 0.543. The van der Waals surface area contributed by atoms with Crippen molar-refractivity contribution in [2.75, 3.05) is 26.2 Å². The van der Waals surface area contributed by atoms with Crippen LogP contribution in [-0.4, -0.2) is 48.4 Å². The SMILES string of the molecule is C=CCOC(=O)NCc1ccccc1-c1ccc([C@@H]2O[C@H](CN(CCCCCCCC)CCCCCCCC)[C@H](C)[C@H](c3ccc(CO)cc3)O2)cc1. The van der Waals surface area contributed by atoms with Gasteiger partial charge in [0.05, 0.1) is 18.8 Å². The lowest BCUT2D eigenvalue weighted by Gasteiger charge is -2.43. The van der Waals surface area contributed by atoms with Crippen LogP contribution in [0.1, 0.15) is 132 Å². The normalized spacial score (nSPS) is 18.6. The van der Waals surface area contributed by atoms with E-state index in [1.165, 1.54) is 77.0 Å². The van der Waals surface area contributed by atoms with E-state index in [9.17, 15) is 9.90 Å². The first-order valence-corrected chi connectivity index (χ1v) is 20.4. The van der Waals surface area contributed by atoms with Gasteiger partial charge in [-0.25, -0.2) is 4.79 Å². The smallest absolute Gasteiger partial charge is 0.407 e. The number of amides is 1. The third kappa shape index (κ3) is 14.0. The van der Waals surface area contributed by atoms with E-state index in [0.717, 1.165) is 53.0 Å². The predicted molar refractivity (Wildman–Crippen MR) is 216 cm³/mol. The van der Waals surface area contributed by atoms with Gasteiger partial charge in [-0.2, -0.15) is 0 Å². The van der Waals surface area contributed by atoms with Gasteiger partial charge in [0.15, 0.2) is 6.29 Å². The summed E-state index contributed by atoms with van der Waals surface area (Å²) in [6.45, 7) is 14.0. The fourth-order valence-electron chi connectivity index (χ4n) is 7.24. The van der Waals surface area contributed by atoms with Gasteiger partial charge in [0.1, 0.15) is 6.61 Å². The van der Waals surface area contributed by atoms with Crippen LogP contribution in [0.3, 0.4) is 0 Å². The molecule has 0 aromatic heterocycles. The van der Waals surface area contributed by atoms with Crippen molar-refractivity contribution in [3.05, 3.63) is 108 Å². The van der Waals surface area contributed by atoms with Crippen molar-refractivity contribution in [3.63, 3.8) is 0 Å². The number of carbonyl (C=O) groups excluding carboxylic acids is 1. The molecule has 1 heterocycles. The second-order valence-corrected chi connectivity index (χ2v) is 14.7. The predicted octanol–water partition coefficient (Wildman–Crippen LogP) is 11.1. The Kier molecular flexibility index (Phi) is 19.2. The molecule has 0 spiro atoms. The zero-order chi connectivity index (χ0) is 37.7. The van der Waals surface area contributed by atoms with Crippen LogP contribution in [0, 0.1) is 5.92 Å². The molecule has 1 aliphatic rings. The maximum atomic E-state index is 12.1. The number of nitrogens with zero attached hydrogens (tertiary/aromatic N) is 1. The minimum atomic E-state index is -0.519. The lowest BCUT2D eigenvalue weighted by molar-refractivity contribution is -0.276. The number of carbonyl (C=O) groups is 1. The second-order valence-electron chi connectivity index (χ2n) is 14.7. The molecule has 4 rings (SSSR count). The quantitative estimate of drug-likeness (QED) is 0.0707. The van der Waals surface area contributed by atoms with Crippen molar-refractivity contribution in [1.82, 2.24) is 10.2 Å². The van der Waals surface area contributed by atoms with Gasteiger partial charge in [-0.1, -0.05) is 170 Å². The van der Waals surface area contributed by atoms with Crippen LogP contribution in [0.4, 0.5) is 4.79 Å². The van der Waals surface area contributed by atoms with E-state index in [0.29, 0.717) is 6.54 Å². The number of ether oxygens (including phenoxy) is 3. The molecule has 1 amide bonds. The maximum absolute atomic E-state index is 12.1. The zero-order valence-corrected chi connectivity index (χ0v) is 32.8. The summed E-state index contributed by atoms with van der Waals surface area (Å²) in [6, 6.07) is 24.7. The van der Waals surface area contributed by atoms with Gasteiger partial charge in [0.2, 0.25) is 0 Å². The van der Waals surface area contributed by atoms with E-state index in [-0.39, 0.29) is 31.3 Å². The Morgan fingerprint density at radius 1 is 0.811 bits per heavy atom. The molecular weight excluding hydrogens is 661 g/mol. The first kappa shape index (κ1) is 42.3. The Balaban J connectivity index is 1.52. The number of aliphatic hydroxyl groups excluding tert-OH is 1. The van der Waals surface area contributed by atoms with E-state index in [2.05, 4.69) is 80.0 Å². The van der Waals surface area contributed by atoms with Crippen molar-refractivity contribution in [1.29, 1.82) is 0 Å². The lowest BCUT2D eigenvalue weighted by Crippen LogP contribution is -2.45. The van der Waals surface area contributed by atoms with Crippen molar-refractivity contribution < 1.29 is 24.1 Å². The van der Waals surface area contributed by atoms with Crippen molar-refractivity contribution >= 4 is 6.09 Å². The van der Waals surface area contributed by atoms with Crippen molar-refractivity contribution in [2.24, 2.45) is 5.92 Å². The average molecular weight is 727 g/mol. The van der Waals surface area contributed by atoms with Gasteiger partial charge in [0.25, 0.3) is 0 Å². The van der Waals surface area contributed by atoms with Gasteiger partial charge >= 0.3 is 6.09 Å². The Bertz CT molecular complexity index is 1440. The summed E-state index contributed by atoms with van der Waals surface area (Å²) in [7, 11) is 0. The average Bonchev–Trinajstić information content (AvgIpc) is 3.19. The summed E-state index contributed by atoms with van der Waals surface area (Å²) in [4.78, 5) is 14.8. The summed E-state index contributed by atoms with van der Waals surface area (Å²) in [6.07, 6.45) is 15.9. The molecule has 0 radical (unpaired) electrons. The molecule has 7 heteroatoms. The van der Waals surface area contributed by atoms with Crippen LogP contribution in [0.2, 0.25) is 0 Å². The molecule has 2 N–H and O–H groups in total. The highest BCUT2D eigenvalue weighted by atomic mass is 16.7. The van der Waals surface area contributed by atoms with Gasteiger partial charge in [-0.3, -0.25) is 0 Å². The number of alkyl carbamates (subject to hydrolysis) is 1. The summed E-state index contributed by atoms with van der Waals surface area (Å²) < 4.78 is 18.8. The summed E-state index contributed by atoms with van der Waals surface area (Å²) in [5.74, 6) is 0.139. The van der Waals surface area contributed by atoms with E-state index in [1.807, 2.05) is 30.3 Å². The first-order chi connectivity index (χ1) is 26.0. The monoisotopic (exact) mass is 726 g/mol. The molecule has 0 bridgehead atoms. The number of hydrogen-bond acceptors (Lipinski definition) is 6. The Hall–Kier alpha value is -3.49. The zero-order valence-electron chi connectivity index (χ0n) is 32.8. The van der Waals surface area contributed by atoms with Gasteiger partial charge in [0, 0.05) is 24.6 Å². The highest BCUT2D eigenvalue weighted by Gasteiger charge is 2.39. The largest absolute Gasteiger partial charge is 0.445 e. The molecule has 7 nitrogen and oxygen atoms in total. The molecule has 1 aliphatic heterocycles. The molecule has 1 fully saturated rings. The van der Waals surface area contributed by atoms with Crippen molar-refractivity contribution in [2.45, 2.75) is 129 Å². The van der Waals surface area contributed by atoms with Gasteiger partial charge in [-0.05, 0) is 53.7 Å². The topological polar surface area (TPSA) is 80.3 Å². The first-order valence-electron chi connectivity index (χ1n) is 20.4. The standard InChI is InChI=1S/C46H66N2O5/c1-5-8-10-12-14-18-30-48(31-19-15-13-11-9-6-2)34-43-36(4)44(39-24-22-37(35-49)23-25-39)53-45(52-43)40-28-26-38(27-29-40)42-21-17-16-20-41(42)33-47-46(50)51-32-7-3/h7,16-17,20-29,36,43-45,49H,3,5-6,8-15,18-19,30-35H2,1-2,4H3,(H,47,50)/t36-,43+,44+,45+/m0/s1. The van der Waals surface area contributed by atoms with Gasteiger partial charge < -0.3 is 29.5 Å². The summed E-state index contributed by atoms with van der Waals surface area (Å²) in [5.41, 5.74) is 6.07. The van der Waals surface area contributed by atoms with Crippen LogP contribution in [0.15, 0.2) is 85.5 Å². The number of hydrogen-bond donors (Lipinski definition) is 2. The highest BCUT2D eigenvalue weighted by molar-refractivity contribution is 5.70. The number of unbranched alkanes of at least 4 members (excludes halogenated alkanes) is 10. The molecular formula is C46H66N2O5. The minimum Gasteiger partial charge on any atom is -0.445 e.